The van der Waals surface area contributed by atoms with E-state index in [9.17, 15) is 18.0 Å². The molecule has 2 amide bonds. The number of amides is 2. The lowest BCUT2D eigenvalue weighted by Gasteiger charge is -2.23. The van der Waals surface area contributed by atoms with Crippen molar-refractivity contribution in [3.63, 3.8) is 0 Å². The van der Waals surface area contributed by atoms with Crippen molar-refractivity contribution >= 4 is 44.8 Å². The number of carbonyl (C=O) groups excluding carboxylic acids is 2. The van der Waals surface area contributed by atoms with Gasteiger partial charge < -0.3 is 9.84 Å². The van der Waals surface area contributed by atoms with Gasteiger partial charge in [-0.25, -0.2) is 18.1 Å². The van der Waals surface area contributed by atoms with E-state index in [4.69, 9.17) is 4.52 Å². The van der Waals surface area contributed by atoms with Crippen LogP contribution in [0.1, 0.15) is 24.1 Å². The molecule has 0 bridgehead atoms. The Balaban J connectivity index is 1.47. The lowest BCUT2D eigenvalue weighted by molar-refractivity contribution is -0.118. The van der Waals surface area contributed by atoms with Crippen molar-refractivity contribution in [2.24, 2.45) is 5.10 Å². The molecule has 0 saturated heterocycles. The molecule has 2 N–H and O–H groups in total. The van der Waals surface area contributed by atoms with Gasteiger partial charge in [-0.1, -0.05) is 23.4 Å². The molecule has 1 aromatic heterocycles. The molecule has 0 fully saturated rings. The van der Waals surface area contributed by atoms with Gasteiger partial charge in [-0.3, -0.25) is 9.59 Å². The topological polar surface area (TPSA) is 134 Å². The summed E-state index contributed by atoms with van der Waals surface area (Å²) in [6, 6.07) is 14.5. The van der Waals surface area contributed by atoms with Crippen molar-refractivity contribution in [2.45, 2.75) is 31.6 Å². The minimum absolute atomic E-state index is 0.00944. The Labute approximate surface area is 190 Å². The molecule has 0 spiro atoms. The SMILES string of the molecule is Cc1noc(NS(=O)(=O)c2ccc(NC(=O)C3=NN(c4ccccc4)C(=O)CC3)cc2)c1C. The minimum atomic E-state index is -3.90. The molecule has 2 aromatic carbocycles. The van der Waals surface area contributed by atoms with Crippen molar-refractivity contribution in [2.75, 3.05) is 15.0 Å². The Morgan fingerprint density at radius 3 is 2.36 bits per heavy atom. The van der Waals surface area contributed by atoms with Crippen LogP contribution in [0.5, 0.6) is 0 Å². The Hall–Kier alpha value is -3.99. The number of rotatable bonds is 6. The fourth-order valence-corrected chi connectivity index (χ4v) is 4.15. The molecule has 1 aliphatic rings. The second-order valence-electron chi connectivity index (χ2n) is 7.39. The third-order valence-corrected chi connectivity index (χ3v) is 6.45. The maximum absolute atomic E-state index is 12.7. The summed E-state index contributed by atoms with van der Waals surface area (Å²) in [5.41, 5.74) is 2.35. The fourth-order valence-electron chi connectivity index (χ4n) is 3.10. The molecule has 170 valence electrons. The normalized spacial score (nSPS) is 14.1. The van der Waals surface area contributed by atoms with Crippen LogP contribution in [0.25, 0.3) is 0 Å². The van der Waals surface area contributed by atoms with Gasteiger partial charge in [-0.05, 0) is 50.2 Å². The first kappa shape index (κ1) is 22.2. The predicted molar refractivity (Wildman–Crippen MR) is 122 cm³/mol. The van der Waals surface area contributed by atoms with Gasteiger partial charge in [0.1, 0.15) is 5.71 Å². The molecule has 0 aliphatic carbocycles. The molecule has 33 heavy (non-hydrogen) atoms. The quantitative estimate of drug-likeness (QED) is 0.572. The standard InChI is InChI=1S/C22H21N5O5S/c1-14-15(2)25-32-22(14)26-33(30,31)18-10-8-16(9-11-18)23-21(29)19-12-13-20(28)27(24-19)17-6-4-3-5-7-17/h3-11,26H,12-13H2,1-2H3,(H,23,29). The number of benzene rings is 2. The number of hydrogen-bond donors (Lipinski definition) is 2. The Bertz CT molecular complexity index is 1330. The van der Waals surface area contributed by atoms with Crippen LogP contribution in [0.4, 0.5) is 17.3 Å². The van der Waals surface area contributed by atoms with Crippen LogP contribution in [0, 0.1) is 13.8 Å². The van der Waals surface area contributed by atoms with Gasteiger partial charge in [-0.15, -0.1) is 0 Å². The average Bonchev–Trinajstić information content (AvgIpc) is 3.12. The van der Waals surface area contributed by atoms with Crippen LogP contribution >= 0.6 is 0 Å². The van der Waals surface area contributed by atoms with Crippen LogP contribution < -0.4 is 15.0 Å². The van der Waals surface area contributed by atoms with Gasteiger partial charge in [0.2, 0.25) is 11.8 Å². The molecule has 0 radical (unpaired) electrons. The average molecular weight is 468 g/mol. The number of nitrogens with zero attached hydrogens (tertiary/aromatic N) is 3. The second kappa shape index (κ2) is 8.87. The lowest BCUT2D eigenvalue weighted by atomic mass is 10.1. The lowest BCUT2D eigenvalue weighted by Crippen LogP contribution is -2.36. The number of para-hydroxylation sites is 1. The summed E-state index contributed by atoms with van der Waals surface area (Å²) in [5, 5.41) is 11.8. The number of carbonyl (C=O) groups is 2. The van der Waals surface area contributed by atoms with Gasteiger partial charge in [0.15, 0.2) is 0 Å². The third kappa shape index (κ3) is 4.77. The van der Waals surface area contributed by atoms with E-state index in [2.05, 4.69) is 20.3 Å². The number of sulfonamides is 1. The third-order valence-electron chi connectivity index (χ3n) is 5.10. The summed E-state index contributed by atoms with van der Waals surface area (Å²) in [7, 11) is -3.90. The molecule has 0 saturated carbocycles. The molecule has 0 unspecified atom stereocenters. The maximum Gasteiger partial charge on any atom is 0.271 e. The summed E-state index contributed by atoms with van der Waals surface area (Å²) in [5.74, 6) is -0.611. The van der Waals surface area contributed by atoms with Gasteiger partial charge in [0.25, 0.3) is 15.9 Å². The van der Waals surface area contributed by atoms with E-state index >= 15 is 0 Å². The van der Waals surface area contributed by atoms with Gasteiger partial charge in [0, 0.05) is 24.1 Å². The summed E-state index contributed by atoms with van der Waals surface area (Å²) in [6.45, 7) is 3.41. The molecule has 2 heterocycles. The van der Waals surface area contributed by atoms with Crippen molar-refractivity contribution in [1.29, 1.82) is 0 Å². The number of hydrogen-bond acceptors (Lipinski definition) is 7. The summed E-state index contributed by atoms with van der Waals surface area (Å²) < 4.78 is 32.6. The highest BCUT2D eigenvalue weighted by molar-refractivity contribution is 7.92. The zero-order chi connectivity index (χ0) is 23.6. The zero-order valence-electron chi connectivity index (χ0n) is 17.9. The highest BCUT2D eigenvalue weighted by Gasteiger charge is 2.26. The van der Waals surface area contributed by atoms with E-state index in [1.807, 2.05) is 6.07 Å². The van der Waals surface area contributed by atoms with Crippen molar-refractivity contribution < 1.29 is 22.5 Å². The molecular formula is C22H21N5O5S. The number of hydrazone groups is 1. The van der Waals surface area contributed by atoms with Crippen molar-refractivity contribution in [3.8, 4) is 0 Å². The number of aryl methyl sites for hydroxylation is 1. The minimum Gasteiger partial charge on any atom is -0.337 e. The van der Waals surface area contributed by atoms with E-state index in [1.165, 1.54) is 29.3 Å². The van der Waals surface area contributed by atoms with Crippen LogP contribution in [-0.2, 0) is 19.6 Å². The molecule has 1 aliphatic heterocycles. The van der Waals surface area contributed by atoms with E-state index in [1.54, 1.807) is 38.1 Å². The summed E-state index contributed by atoms with van der Waals surface area (Å²) in [6.07, 6.45) is 0.366. The van der Waals surface area contributed by atoms with Crippen molar-refractivity contribution in [1.82, 2.24) is 5.16 Å². The maximum atomic E-state index is 12.7. The molecule has 0 atom stereocenters. The van der Waals surface area contributed by atoms with Gasteiger partial charge >= 0.3 is 0 Å². The van der Waals surface area contributed by atoms with E-state index in [0.717, 1.165) is 0 Å². The van der Waals surface area contributed by atoms with Crippen LogP contribution in [0.15, 0.2) is 69.1 Å². The van der Waals surface area contributed by atoms with Crippen molar-refractivity contribution in [3.05, 3.63) is 65.9 Å². The Morgan fingerprint density at radius 2 is 1.73 bits per heavy atom. The fraction of sp³-hybridized carbons (Fsp3) is 0.182. The molecule has 11 heteroatoms. The highest BCUT2D eigenvalue weighted by Crippen LogP contribution is 2.23. The largest absolute Gasteiger partial charge is 0.337 e. The van der Waals surface area contributed by atoms with E-state index in [0.29, 0.717) is 22.6 Å². The van der Waals surface area contributed by atoms with Crippen LogP contribution in [-0.4, -0.2) is 31.1 Å². The number of nitrogens with one attached hydrogen (secondary N) is 2. The Morgan fingerprint density at radius 1 is 1.03 bits per heavy atom. The van der Waals surface area contributed by atoms with Gasteiger partial charge in [-0.2, -0.15) is 5.10 Å². The van der Waals surface area contributed by atoms with Crippen LogP contribution in [0.3, 0.4) is 0 Å². The smallest absolute Gasteiger partial charge is 0.271 e. The molecular weight excluding hydrogens is 446 g/mol. The first-order chi connectivity index (χ1) is 15.7. The van der Waals surface area contributed by atoms with Gasteiger partial charge in [0.05, 0.1) is 16.3 Å². The molecule has 4 rings (SSSR count). The molecule has 3 aromatic rings. The summed E-state index contributed by atoms with van der Waals surface area (Å²) >= 11 is 0. The predicted octanol–water partition coefficient (Wildman–Crippen LogP) is 3.21. The first-order valence-corrected chi connectivity index (χ1v) is 11.6. The first-order valence-electron chi connectivity index (χ1n) is 10.1. The number of aromatic nitrogens is 1. The zero-order valence-corrected chi connectivity index (χ0v) is 18.7. The summed E-state index contributed by atoms with van der Waals surface area (Å²) in [4.78, 5) is 24.9. The highest BCUT2D eigenvalue weighted by atomic mass is 32.2. The number of anilines is 3. The van der Waals surface area contributed by atoms with E-state index < -0.39 is 15.9 Å². The van der Waals surface area contributed by atoms with E-state index in [-0.39, 0.29) is 35.2 Å². The van der Waals surface area contributed by atoms with Crippen LogP contribution in [0.2, 0.25) is 0 Å². The second-order valence-corrected chi connectivity index (χ2v) is 9.08. The molecule has 10 nitrogen and oxygen atoms in total. The Kier molecular flexibility index (Phi) is 5.97. The monoisotopic (exact) mass is 467 g/mol.